The standard InChI is InChI=1S/C18H19F3N2O3/c1-11(2)15(24)16(25)23-10-12-5-4-8-22-17(12)26-14-7-3-6-13(9-14)18(19,20)21/h3-9,11,15,24H,10H2,1-2H3,(H,23,25)/t15-/m1/s1. The van der Waals surface area contributed by atoms with E-state index in [0.717, 1.165) is 12.1 Å². The molecular weight excluding hydrogens is 349 g/mol. The minimum atomic E-state index is -4.48. The molecule has 0 aliphatic heterocycles. The number of nitrogens with zero attached hydrogens (tertiary/aromatic N) is 1. The molecule has 140 valence electrons. The van der Waals surface area contributed by atoms with Gasteiger partial charge in [0.05, 0.1) is 5.56 Å². The average Bonchev–Trinajstić information content (AvgIpc) is 2.59. The van der Waals surface area contributed by atoms with Gasteiger partial charge in [0.1, 0.15) is 11.9 Å². The summed E-state index contributed by atoms with van der Waals surface area (Å²) in [5.41, 5.74) is -0.366. The van der Waals surface area contributed by atoms with E-state index in [-0.39, 0.29) is 24.1 Å². The Bertz CT molecular complexity index is 763. The van der Waals surface area contributed by atoms with Crippen LogP contribution in [0.5, 0.6) is 11.6 Å². The van der Waals surface area contributed by atoms with Crippen LogP contribution in [0.25, 0.3) is 0 Å². The molecule has 0 saturated heterocycles. The van der Waals surface area contributed by atoms with E-state index in [1.807, 2.05) is 0 Å². The fourth-order valence-corrected chi connectivity index (χ4v) is 2.09. The number of carbonyl (C=O) groups excluding carboxylic acids is 1. The van der Waals surface area contributed by atoms with E-state index in [1.54, 1.807) is 26.0 Å². The second-order valence-corrected chi connectivity index (χ2v) is 6.00. The van der Waals surface area contributed by atoms with Crippen molar-refractivity contribution in [3.8, 4) is 11.6 Å². The Morgan fingerprint density at radius 3 is 2.65 bits per heavy atom. The van der Waals surface area contributed by atoms with Gasteiger partial charge in [-0.1, -0.05) is 26.0 Å². The fourth-order valence-electron chi connectivity index (χ4n) is 2.09. The zero-order chi connectivity index (χ0) is 19.3. The van der Waals surface area contributed by atoms with Crippen LogP contribution in [0.15, 0.2) is 42.6 Å². The SMILES string of the molecule is CC(C)[C@@H](O)C(=O)NCc1cccnc1Oc1cccc(C(F)(F)F)c1. The van der Waals surface area contributed by atoms with Crippen LogP contribution >= 0.6 is 0 Å². The smallest absolute Gasteiger partial charge is 0.416 e. The molecule has 0 radical (unpaired) electrons. The van der Waals surface area contributed by atoms with Crippen molar-refractivity contribution in [1.82, 2.24) is 10.3 Å². The summed E-state index contributed by atoms with van der Waals surface area (Å²) in [6, 6.07) is 7.67. The van der Waals surface area contributed by atoms with Crippen molar-refractivity contribution in [3.05, 3.63) is 53.7 Å². The highest BCUT2D eigenvalue weighted by Crippen LogP contribution is 2.32. The summed E-state index contributed by atoms with van der Waals surface area (Å²) < 4.78 is 43.8. The van der Waals surface area contributed by atoms with Crippen molar-refractivity contribution in [2.45, 2.75) is 32.7 Å². The number of rotatable bonds is 6. The van der Waals surface area contributed by atoms with Gasteiger partial charge in [-0.05, 0) is 30.2 Å². The third-order valence-electron chi connectivity index (χ3n) is 3.58. The van der Waals surface area contributed by atoms with E-state index in [4.69, 9.17) is 4.74 Å². The number of amides is 1. The topological polar surface area (TPSA) is 71.5 Å². The summed E-state index contributed by atoms with van der Waals surface area (Å²) in [6.07, 6.45) is -4.20. The Morgan fingerprint density at radius 1 is 1.27 bits per heavy atom. The zero-order valence-corrected chi connectivity index (χ0v) is 14.2. The molecule has 0 bridgehead atoms. The lowest BCUT2D eigenvalue weighted by molar-refractivity contribution is -0.137. The summed E-state index contributed by atoms with van der Waals surface area (Å²) in [4.78, 5) is 15.8. The Labute approximate surface area is 148 Å². The highest BCUT2D eigenvalue weighted by atomic mass is 19.4. The van der Waals surface area contributed by atoms with Crippen LogP contribution in [0.1, 0.15) is 25.0 Å². The van der Waals surface area contributed by atoms with E-state index in [1.165, 1.54) is 18.3 Å². The first-order valence-corrected chi connectivity index (χ1v) is 7.93. The maximum Gasteiger partial charge on any atom is 0.416 e. The number of hydrogen-bond donors (Lipinski definition) is 2. The summed E-state index contributed by atoms with van der Waals surface area (Å²) in [5, 5.41) is 12.3. The number of carbonyl (C=O) groups is 1. The molecule has 1 aromatic carbocycles. The second kappa shape index (κ2) is 8.18. The van der Waals surface area contributed by atoms with Crippen molar-refractivity contribution >= 4 is 5.91 Å². The average molecular weight is 368 g/mol. The molecule has 2 N–H and O–H groups in total. The van der Waals surface area contributed by atoms with E-state index >= 15 is 0 Å². The monoisotopic (exact) mass is 368 g/mol. The van der Waals surface area contributed by atoms with E-state index < -0.39 is 23.8 Å². The summed E-state index contributed by atoms with van der Waals surface area (Å²) >= 11 is 0. The number of ether oxygens (including phenoxy) is 1. The fraction of sp³-hybridized carbons (Fsp3) is 0.333. The molecule has 26 heavy (non-hydrogen) atoms. The minimum Gasteiger partial charge on any atom is -0.439 e. The van der Waals surface area contributed by atoms with Gasteiger partial charge in [0.2, 0.25) is 11.8 Å². The lowest BCUT2D eigenvalue weighted by Gasteiger charge is -2.15. The van der Waals surface area contributed by atoms with E-state index in [0.29, 0.717) is 5.56 Å². The highest BCUT2D eigenvalue weighted by molar-refractivity contribution is 5.80. The first kappa shape index (κ1) is 19.7. The lowest BCUT2D eigenvalue weighted by atomic mass is 10.1. The molecule has 2 rings (SSSR count). The second-order valence-electron chi connectivity index (χ2n) is 6.00. The maximum absolute atomic E-state index is 12.8. The van der Waals surface area contributed by atoms with Crippen LogP contribution < -0.4 is 10.1 Å². The third-order valence-corrected chi connectivity index (χ3v) is 3.58. The first-order chi connectivity index (χ1) is 12.2. The highest BCUT2D eigenvalue weighted by Gasteiger charge is 2.30. The Balaban J connectivity index is 2.13. The largest absolute Gasteiger partial charge is 0.439 e. The van der Waals surface area contributed by atoms with Gasteiger partial charge in [-0.2, -0.15) is 13.2 Å². The molecule has 8 heteroatoms. The van der Waals surface area contributed by atoms with Crippen molar-refractivity contribution in [1.29, 1.82) is 0 Å². The van der Waals surface area contributed by atoms with Crippen LogP contribution in [-0.4, -0.2) is 22.1 Å². The van der Waals surface area contributed by atoms with Crippen LogP contribution in [0.3, 0.4) is 0 Å². The number of pyridine rings is 1. The number of aromatic nitrogens is 1. The van der Waals surface area contributed by atoms with Gasteiger partial charge >= 0.3 is 6.18 Å². The summed E-state index contributed by atoms with van der Waals surface area (Å²) in [6.45, 7) is 3.43. The predicted molar refractivity (Wildman–Crippen MR) is 88.4 cm³/mol. The maximum atomic E-state index is 12.8. The Hall–Kier alpha value is -2.61. The van der Waals surface area contributed by atoms with Crippen molar-refractivity contribution in [2.24, 2.45) is 5.92 Å². The molecule has 0 saturated carbocycles. The third kappa shape index (κ3) is 5.19. The predicted octanol–water partition coefficient (Wildman–Crippen LogP) is 3.53. The number of benzene rings is 1. The minimum absolute atomic E-state index is 0.0186. The number of nitrogens with one attached hydrogen (secondary N) is 1. The number of halogens is 3. The van der Waals surface area contributed by atoms with Gasteiger partial charge in [-0.25, -0.2) is 4.98 Å². The van der Waals surface area contributed by atoms with Crippen LogP contribution in [0.4, 0.5) is 13.2 Å². The molecule has 1 atom stereocenters. The van der Waals surface area contributed by atoms with Crippen molar-refractivity contribution in [3.63, 3.8) is 0 Å². The van der Waals surface area contributed by atoms with Gasteiger partial charge in [0, 0.05) is 18.3 Å². The molecule has 1 amide bonds. The number of aliphatic hydroxyl groups excluding tert-OH is 1. The molecule has 2 aromatic rings. The van der Waals surface area contributed by atoms with Gasteiger partial charge in [0.15, 0.2) is 0 Å². The normalized spacial score (nSPS) is 12.7. The first-order valence-electron chi connectivity index (χ1n) is 7.93. The Morgan fingerprint density at radius 2 is 2.00 bits per heavy atom. The van der Waals surface area contributed by atoms with E-state index in [9.17, 15) is 23.1 Å². The van der Waals surface area contributed by atoms with Crippen LogP contribution in [0.2, 0.25) is 0 Å². The molecule has 0 fully saturated rings. The summed E-state index contributed by atoms with van der Waals surface area (Å²) in [5.74, 6) is -0.738. The quantitative estimate of drug-likeness (QED) is 0.818. The Kier molecular flexibility index (Phi) is 6.20. The number of hydrogen-bond acceptors (Lipinski definition) is 4. The summed E-state index contributed by atoms with van der Waals surface area (Å²) in [7, 11) is 0. The number of alkyl halides is 3. The van der Waals surface area contributed by atoms with Crippen LogP contribution in [0, 0.1) is 5.92 Å². The lowest BCUT2D eigenvalue weighted by Crippen LogP contribution is -2.37. The van der Waals surface area contributed by atoms with Gasteiger partial charge in [-0.15, -0.1) is 0 Å². The van der Waals surface area contributed by atoms with E-state index in [2.05, 4.69) is 10.3 Å². The van der Waals surface area contributed by atoms with Gasteiger partial charge in [-0.3, -0.25) is 4.79 Å². The molecule has 1 aromatic heterocycles. The van der Waals surface area contributed by atoms with Crippen molar-refractivity contribution < 1.29 is 27.8 Å². The number of aliphatic hydroxyl groups is 1. The van der Waals surface area contributed by atoms with Gasteiger partial charge in [0.25, 0.3) is 0 Å². The molecule has 0 aliphatic carbocycles. The molecule has 1 heterocycles. The van der Waals surface area contributed by atoms with Gasteiger partial charge < -0.3 is 15.2 Å². The molecule has 0 spiro atoms. The molecule has 0 unspecified atom stereocenters. The zero-order valence-electron chi connectivity index (χ0n) is 14.2. The van der Waals surface area contributed by atoms with Crippen LogP contribution in [-0.2, 0) is 17.5 Å². The molecule has 0 aliphatic rings. The molecular formula is C18H19F3N2O3. The van der Waals surface area contributed by atoms with Crippen molar-refractivity contribution in [2.75, 3.05) is 0 Å². The molecule has 5 nitrogen and oxygen atoms in total.